The molecule has 9 nitrogen and oxygen atoms in total. The molecule has 0 saturated heterocycles. The minimum atomic E-state index is -0.321. The summed E-state index contributed by atoms with van der Waals surface area (Å²) in [6.45, 7) is 3.44. The number of carbonyl (C=O) groups excluding carboxylic acids is 1. The Kier molecular flexibility index (Phi) is 5.64. The molecule has 9 heteroatoms. The second kappa shape index (κ2) is 8.52. The van der Waals surface area contributed by atoms with Crippen molar-refractivity contribution in [1.29, 1.82) is 0 Å². The van der Waals surface area contributed by atoms with Crippen LogP contribution in [-0.4, -0.2) is 51.1 Å². The van der Waals surface area contributed by atoms with E-state index in [-0.39, 0.29) is 17.3 Å². The molecule has 3 aromatic heterocycles. The van der Waals surface area contributed by atoms with E-state index >= 15 is 0 Å². The number of aromatic nitrogens is 4. The lowest BCUT2D eigenvalue weighted by Crippen LogP contribution is -2.28. The van der Waals surface area contributed by atoms with Crippen LogP contribution in [0.4, 0.5) is 0 Å². The molecule has 0 aliphatic carbocycles. The van der Waals surface area contributed by atoms with Gasteiger partial charge in [-0.2, -0.15) is 5.06 Å². The minimum Gasteiger partial charge on any atom is -0.352 e. The van der Waals surface area contributed by atoms with Crippen molar-refractivity contribution >= 4 is 22.5 Å². The van der Waals surface area contributed by atoms with E-state index in [0.29, 0.717) is 26.1 Å². The number of H-pyrrole nitrogens is 1. The van der Waals surface area contributed by atoms with Gasteiger partial charge in [0.1, 0.15) is 0 Å². The van der Waals surface area contributed by atoms with Crippen LogP contribution in [0.1, 0.15) is 34.2 Å². The van der Waals surface area contributed by atoms with Crippen molar-refractivity contribution in [3.8, 4) is 0 Å². The summed E-state index contributed by atoms with van der Waals surface area (Å²) in [7, 11) is 1.54. The number of nitrogens with one attached hydrogen (secondary N) is 2. The van der Waals surface area contributed by atoms with Crippen molar-refractivity contribution in [3.63, 3.8) is 0 Å². The molecule has 1 aliphatic heterocycles. The smallest absolute Gasteiger partial charge is 0.288 e. The molecule has 1 amide bonds. The molecule has 0 unspecified atom stereocenters. The summed E-state index contributed by atoms with van der Waals surface area (Å²) >= 11 is 0. The first kappa shape index (κ1) is 19.9. The maximum absolute atomic E-state index is 12.1. The van der Waals surface area contributed by atoms with Crippen molar-refractivity contribution < 1.29 is 9.63 Å². The largest absolute Gasteiger partial charge is 0.352 e. The number of nitrogens with zero attached hydrogens (tertiary/aromatic N) is 4. The molecule has 3 aromatic rings. The highest BCUT2D eigenvalue weighted by Crippen LogP contribution is 2.20. The van der Waals surface area contributed by atoms with Gasteiger partial charge in [0.2, 0.25) is 5.82 Å². The molecule has 0 atom stereocenters. The fraction of sp³-hybridized carbons (Fsp3) is 0.286. The summed E-state index contributed by atoms with van der Waals surface area (Å²) in [4.78, 5) is 45.0. The van der Waals surface area contributed by atoms with Crippen molar-refractivity contribution in [2.75, 3.05) is 20.2 Å². The second-order valence-corrected chi connectivity index (χ2v) is 6.95. The summed E-state index contributed by atoms with van der Waals surface area (Å²) < 4.78 is 0. The lowest BCUT2D eigenvalue weighted by molar-refractivity contribution is -0.150. The van der Waals surface area contributed by atoms with E-state index in [0.717, 1.165) is 33.3 Å². The van der Waals surface area contributed by atoms with Crippen molar-refractivity contribution in [1.82, 2.24) is 30.3 Å². The first-order valence-corrected chi connectivity index (χ1v) is 9.69. The van der Waals surface area contributed by atoms with Crippen LogP contribution in [0.25, 0.3) is 16.6 Å². The first-order valence-electron chi connectivity index (χ1n) is 9.69. The third-order valence-corrected chi connectivity index (χ3v) is 4.96. The molecule has 4 heterocycles. The third-order valence-electron chi connectivity index (χ3n) is 4.96. The normalized spacial score (nSPS) is 14.5. The number of carbonyl (C=O) groups is 1. The number of hydrogen-bond donors (Lipinski definition) is 2. The van der Waals surface area contributed by atoms with Crippen molar-refractivity contribution in [3.05, 3.63) is 69.7 Å². The monoisotopic (exact) mass is 406 g/mol. The number of hydroxylamine groups is 2. The van der Waals surface area contributed by atoms with Gasteiger partial charge in [0.05, 0.1) is 24.2 Å². The highest BCUT2D eigenvalue weighted by Gasteiger charge is 2.16. The molecule has 2 N–H and O–H groups in total. The van der Waals surface area contributed by atoms with Gasteiger partial charge in [0.15, 0.2) is 0 Å². The van der Waals surface area contributed by atoms with E-state index in [1.165, 1.54) is 7.05 Å². The number of amides is 1. The fourth-order valence-electron chi connectivity index (χ4n) is 3.24. The zero-order valence-electron chi connectivity index (χ0n) is 16.8. The molecule has 0 radical (unpaired) electrons. The zero-order chi connectivity index (χ0) is 21.1. The van der Waals surface area contributed by atoms with Gasteiger partial charge in [0, 0.05) is 43.3 Å². The maximum Gasteiger partial charge on any atom is 0.288 e. The van der Waals surface area contributed by atoms with Gasteiger partial charge in [-0.15, -0.1) is 0 Å². The van der Waals surface area contributed by atoms with Crippen LogP contribution in [0.3, 0.4) is 0 Å². The summed E-state index contributed by atoms with van der Waals surface area (Å²) in [5.41, 5.74) is 4.87. The van der Waals surface area contributed by atoms with Gasteiger partial charge >= 0.3 is 0 Å². The third kappa shape index (κ3) is 4.12. The summed E-state index contributed by atoms with van der Waals surface area (Å²) in [5, 5.41) is 4.32. The van der Waals surface area contributed by atoms with E-state index in [1.54, 1.807) is 18.6 Å². The second-order valence-electron chi connectivity index (χ2n) is 6.95. The van der Waals surface area contributed by atoms with Crippen LogP contribution in [-0.2, 0) is 17.8 Å². The molecule has 1 aliphatic rings. The van der Waals surface area contributed by atoms with Crippen LogP contribution in [0.2, 0.25) is 0 Å². The van der Waals surface area contributed by atoms with E-state index in [2.05, 4.69) is 25.3 Å². The Hall–Kier alpha value is -3.43. The first-order chi connectivity index (χ1) is 14.6. The number of aryl methyl sites for hydroxylation is 1. The summed E-state index contributed by atoms with van der Waals surface area (Å²) in [6, 6.07) is 3.76. The van der Waals surface area contributed by atoms with Crippen molar-refractivity contribution in [2.45, 2.75) is 19.9 Å². The van der Waals surface area contributed by atoms with Gasteiger partial charge < -0.3 is 10.3 Å². The Morgan fingerprint density at radius 3 is 2.70 bits per heavy atom. The molecule has 0 spiro atoms. The lowest BCUT2D eigenvalue weighted by Gasteiger charge is -2.26. The number of hydrogen-bond acceptors (Lipinski definition) is 7. The molecule has 30 heavy (non-hydrogen) atoms. The van der Waals surface area contributed by atoms with Gasteiger partial charge in [-0.1, -0.05) is 13.0 Å². The Labute approximate surface area is 172 Å². The van der Waals surface area contributed by atoms with E-state index in [4.69, 9.17) is 4.84 Å². The molecule has 0 aromatic carbocycles. The Morgan fingerprint density at radius 1 is 1.23 bits per heavy atom. The standard InChI is InChI=1S/C21H22N6O3/c1-3-14-7-17-18(26-20(14)28)6-13(8-23-17)11-27-5-4-15(12-30-27)16-9-24-19(25-10-16)21(29)22-2/h4,6-10H,3,5,11-12H2,1-2H3,(H,22,29)(H,26,28). The molecular formula is C21H22N6O3. The minimum absolute atomic E-state index is 0.0737. The van der Waals surface area contributed by atoms with E-state index in [1.807, 2.05) is 30.2 Å². The van der Waals surface area contributed by atoms with Gasteiger partial charge in [0.25, 0.3) is 11.5 Å². The Bertz CT molecular complexity index is 1170. The van der Waals surface area contributed by atoms with Crippen LogP contribution in [0, 0.1) is 0 Å². The average Bonchev–Trinajstić information content (AvgIpc) is 2.78. The zero-order valence-corrected chi connectivity index (χ0v) is 16.8. The molecule has 0 bridgehead atoms. The number of pyridine rings is 2. The van der Waals surface area contributed by atoms with E-state index in [9.17, 15) is 9.59 Å². The van der Waals surface area contributed by atoms with Gasteiger partial charge in [-0.3, -0.25) is 19.4 Å². The number of aromatic amines is 1. The quantitative estimate of drug-likeness (QED) is 0.660. The Morgan fingerprint density at radius 2 is 2.03 bits per heavy atom. The maximum atomic E-state index is 12.1. The SMILES string of the molecule is CCc1cc2ncc(CN3CC=C(c4cnc(C(=O)NC)nc4)CO3)cc2[nH]c1=O. The van der Waals surface area contributed by atoms with E-state index < -0.39 is 0 Å². The highest BCUT2D eigenvalue weighted by atomic mass is 16.7. The molecule has 0 saturated carbocycles. The summed E-state index contributed by atoms with van der Waals surface area (Å²) in [5.74, 6) is -0.189. The lowest BCUT2D eigenvalue weighted by atomic mass is 10.1. The molecule has 154 valence electrons. The predicted octanol–water partition coefficient (Wildman–Crippen LogP) is 1.47. The summed E-state index contributed by atoms with van der Waals surface area (Å²) in [6.07, 6.45) is 7.76. The molecule has 4 rings (SSSR count). The fourth-order valence-corrected chi connectivity index (χ4v) is 3.24. The van der Waals surface area contributed by atoms with Crippen molar-refractivity contribution in [2.24, 2.45) is 0 Å². The van der Waals surface area contributed by atoms with Crippen LogP contribution < -0.4 is 10.9 Å². The highest BCUT2D eigenvalue weighted by molar-refractivity contribution is 5.90. The van der Waals surface area contributed by atoms with Gasteiger partial charge in [-0.05, 0) is 29.7 Å². The number of rotatable bonds is 5. The number of fused-ring (bicyclic) bond motifs is 1. The van der Waals surface area contributed by atoms with Crippen LogP contribution in [0.15, 0.2) is 41.6 Å². The Balaban J connectivity index is 1.44. The van der Waals surface area contributed by atoms with Gasteiger partial charge in [-0.25, -0.2) is 9.97 Å². The average molecular weight is 406 g/mol. The topological polar surface area (TPSA) is 113 Å². The molecule has 0 fully saturated rings. The van der Waals surface area contributed by atoms with Crippen LogP contribution >= 0.6 is 0 Å². The predicted molar refractivity (Wildman–Crippen MR) is 112 cm³/mol. The molecular weight excluding hydrogens is 384 g/mol. The van der Waals surface area contributed by atoms with Crippen LogP contribution in [0.5, 0.6) is 0 Å².